The highest BCUT2D eigenvalue weighted by atomic mass is 35.5. The van der Waals surface area contributed by atoms with Gasteiger partial charge in [0, 0.05) is 19.6 Å². The molecular formula is C11H25BCl2N2O5. The number of unbranched alkanes of at least 4 members (excludes halogenated alkanes) is 1. The lowest BCUT2D eigenvalue weighted by atomic mass is 9.82. The smallest absolute Gasteiger partial charge is 0.451 e. The van der Waals surface area contributed by atoms with Gasteiger partial charge in [0.15, 0.2) is 0 Å². The molecule has 1 aliphatic heterocycles. The van der Waals surface area contributed by atoms with Gasteiger partial charge in [-0.05, 0) is 12.7 Å². The molecule has 0 spiro atoms. The number of nitrogens with zero attached hydrogens (tertiary/aromatic N) is 1. The molecule has 0 bridgehead atoms. The average Bonchev–Trinajstić information content (AvgIpc) is 2.35. The topological polar surface area (TPSA) is 116 Å². The maximum atomic E-state index is 11.3. The molecule has 1 unspecified atom stereocenters. The van der Waals surface area contributed by atoms with Crippen molar-refractivity contribution in [2.45, 2.75) is 31.1 Å². The molecule has 5 N–H and O–H groups in total. The zero-order valence-corrected chi connectivity index (χ0v) is 13.6. The molecule has 10 heteroatoms. The minimum atomic E-state index is -1.34. The van der Waals surface area contributed by atoms with Crippen molar-refractivity contribution in [3.8, 4) is 0 Å². The molecule has 0 radical (unpaired) electrons. The first-order valence-corrected chi connectivity index (χ1v) is 6.62. The summed E-state index contributed by atoms with van der Waals surface area (Å²) < 4.78 is 5.21. The quantitative estimate of drug-likeness (QED) is 0.348. The van der Waals surface area contributed by atoms with Crippen LogP contribution in [0.5, 0.6) is 0 Å². The first-order chi connectivity index (χ1) is 8.94. The predicted octanol–water partition coefficient (Wildman–Crippen LogP) is -0.413. The first-order valence-electron chi connectivity index (χ1n) is 6.62. The van der Waals surface area contributed by atoms with Gasteiger partial charge in [-0.1, -0.05) is 12.8 Å². The van der Waals surface area contributed by atoms with Crippen molar-refractivity contribution in [3.63, 3.8) is 0 Å². The van der Waals surface area contributed by atoms with Gasteiger partial charge in [0.1, 0.15) is 5.54 Å². The van der Waals surface area contributed by atoms with E-state index >= 15 is 0 Å². The van der Waals surface area contributed by atoms with E-state index in [2.05, 4.69) is 0 Å². The average molecular weight is 347 g/mol. The molecular weight excluding hydrogens is 322 g/mol. The second kappa shape index (κ2) is 11.5. The van der Waals surface area contributed by atoms with Crippen LogP contribution in [0.25, 0.3) is 0 Å². The zero-order chi connectivity index (χ0) is 14.3. The lowest BCUT2D eigenvalue weighted by Crippen LogP contribution is -2.57. The Bertz CT molecular complexity index is 296. The lowest BCUT2D eigenvalue weighted by molar-refractivity contribution is -0.145. The summed E-state index contributed by atoms with van der Waals surface area (Å²) in [6.45, 7) is 2.90. The van der Waals surface area contributed by atoms with Crippen molar-refractivity contribution in [1.29, 1.82) is 0 Å². The van der Waals surface area contributed by atoms with Gasteiger partial charge in [0.25, 0.3) is 0 Å². The SMILES string of the molecule is Cl.Cl.NC(CCCCB(O)O)(CN1CCOCC1)C(=O)O. The molecule has 1 aliphatic rings. The Hall–Kier alpha value is -0.0851. The van der Waals surface area contributed by atoms with Crippen LogP contribution in [0, 0.1) is 0 Å². The predicted molar refractivity (Wildman–Crippen MR) is 85.2 cm³/mol. The summed E-state index contributed by atoms with van der Waals surface area (Å²) in [5.41, 5.74) is 4.70. The molecule has 1 heterocycles. The third-order valence-electron chi connectivity index (χ3n) is 3.37. The van der Waals surface area contributed by atoms with Crippen LogP contribution in [-0.4, -0.2) is 71.5 Å². The monoisotopic (exact) mass is 346 g/mol. The number of halogens is 2. The van der Waals surface area contributed by atoms with Crippen molar-refractivity contribution >= 4 is 37.9 Å². The Morgan fingerprint density at radius 1 is 1.24 bits per heavy atom. The van der Waals surface area contributed by atoms with Gasteiger partial charge in [0.2, 0.25) is 0 Å². The van der Waals surface area contributed by atoms with Crippen LogP contribution >= 0.6 is 24.8 Å². The number of carboxylic acid groups (broad SMARTS) is 1. The summed E-state index contributed by atoms with van der Waals surface area (Å²) in [5.74, 6) is -1.01. The van der Waals surface area contributed by atoms with Crippen molar-refractivity contribution in [2.24, 2.45) is 5.73 Å². The Kier molecular flexibility index (Phi) is 12.7. The van der Waals surface area contributed by atoms with Crippen molar-refractivity contribution in [1.82, 2.24) is 4.90 Å². The highest BCUT2D eigenvalue weighted by Crippen LogP contribution is 2.16. The summed E-state index contributed by atoms with van der Waals surface area (Å²) in [5, 5.41) is 26.8. The molecule has 0 amide bonds. The Balaban J connectivity index is 0. The largest absolute Gasteiger partial charge is 0.480 e. The van der Waals surface area contributed by atoms with Crippen molar-refractivity contribution in [3.05, 3.63) is 0 Å². The zero-order valence-electron chi connectivity index (χ0n) is 11.9. The van der Waals surface area contributed by atoms with E-state index in [9.17, 15) is 9.90 Å². The normalized spacial score (nSPS) is 18.0. The fourth-order valence-corrected chi connectivity index (χ4v) is 2.18. The molecule has 0 saturated carbocycles. The summed E-state index contributed by atoms with van der Waals surface area (Å²) in [6, 6.07) is 0. The Morgan fingerprint density at radius 2 is 1.81 bits per heavy atom. The Morgan fingerprint density at radius 3 is 2.29 bits per heavy atom. The van der Waals surface area contributed by atoms with E-state index in [0.29, 0.717) is 52.1 Å². The minimum Gasteiger partial charge on any atom is -0.480 e. The van der Waals surface area contributed by atoms with Gasteiger partial charge in [-0.3, -0.25) is 9.69 Å². The van der Waals surface area contributed by atoms with Crippen molar-refractivity contribution < 1.29 is 24.7 Å². The second-order valence-electron chi connectivity index (χ2n) is 5.08. The molecule has 1 fully saturated rings. The molecule has 7 nitrogen and oxygen atoms in total. The molecule has 1 rings (SSSR count). The van der Waals surface area contributed by atoms with Crippen LogP contribution in [0.15, 0.2) is 0 Å². The molecule has 126 valence electrons. The molecule has 21 heavy (non-hydrogen) atoms. The van der Waals surface area contributed by atoms with Crippen LogP contribution in [-0.2, 0) is 9.53 Å². The van der Waals surface area contributed by atoms with E-state index in [1.165, 1.54) is 0 Å². The Labute approximate surface area is 137 Å². The second-order valence-corrected chi connectivity index (χ2v) is 5.08. The fourth-order valence-electron chi connectivity index (χ4n) is 2.18. The van der Waals surface area contributed by atoms with Crippen LogP contribution in [0.2, 0.25) is 6.32 Å². The van der Waals surface area contributed by atoms with Gasteiger partial charge in [-0.2, -0.15) is 0 Å². The van der Waals surface area contributed by atoms with Gasteiger partial charge < -0.3 is 25.6 Å². The fraction of sp³-hybridized carbons (Fsp3) is 0.909. The standard InChI is InChI=1S/C11H23BN2O5.2ClH/c13-11(10(15)16,3-1-2-4-12(17)18)9-14-5-7-19-8-6-14;;/h17-18H,1-9,13H2,(H,15,16);2*1H. The first kappa shape index (κ1) is 23.2. The number of carbonyl (C=O) groups is 1. The summed E-state index contributed by atoms with van der Waals surface area (Å²) >= 11 is 0. The number of hydrogen-bond acceptors (Lipinski definition) is 6. The van der Waals surface area contributed by atoms with E-state index < -0.39 is 18.6 Å². The third kappa shape index (κ3) is 8.82. The number of nitrogens with two attached hydrogens (primary N) is 1. The highest BCUT2D eigenvalue weighted by Gasteiger charge is 2.35. The van der Waals surface area contributed by atoms with Gasteiger partial charge >= 0.3 is 13.1 Å². The van der Waals surface area contributed by atoms with E-state index in [1.807, 2.05) is 4.90 Å². The van der Waals surface area contributed by atoms with Crippen LogP contribution in [0.1, 0.15) is 19.3 Å². The number of aliphatic carboxylic acids is 1. The maximum absolute atomic E-state index is 11.3. The van der Waals surface area contributed by atoms with Crippen LogP contribution in [0.4, 0.5) is 0 Å². The number of hydrogen-bond donors (Lipinski definition) is 4. The van der Waals surface area contributed by atoms with Crippen LogP contribution in [0.3, 0.4) is 0 Å². The van der Waals surface area contributed by atoms with E-state index in [1.54, 1.807) is 0 Å². The molecule has 0 aliphatic carbocycles. The van der Waals surface area contributed by atoms with Gasteiger partial charge in [-0.15, -0.1) is 24.8 Å². The van der Waals surface area contributed by atoms with Gasteiger partial charge in [0.05, 0.1) is 13.2 Å². The maximum Gasteiger partial charge on any atom is 0.451 e. The summed E-state index contributed by atoms with van der Waals surface area (Å²) in [4.78, 5) is 13.3. The van der Waals surface area contributed by atoms with E-state index in [4.69, 9.17) is 20.5 Å². The lowest BCUT2D eigenvalue weighted by Gasteiger charge is -2.34. The minimum absolute atomic E-state index is 0. The number of ether oxygens (including phenoxy) is 1. The van der Waals surface area contributed by atoms with Gasteiger partial charge in [-0.25, -0.2) is 0 Å². The van der Waals surface area contributed by atoms with E-state index in [-0.39, 0.29) is 31.1 Å². The van der Waals surface area contributed by atoms with Crippen LogP contribution < -0.4 is 5.73 Å². The van der Waals surface area contributed by atoms with Crippen molar-refractivity contribution in [2.75, 3.05) is 32.8 Å². The summed E-state index contributed by atoms with van der Waals surface area (Å²) in [7, 11) is -1.34. The van der Waals surface area contributed by atoms with E-state index in [0.717, 1.165) is 0 Å². The molecule has 0 aromatic carbocycles. The molecule has 0 aromatic heterocycles. The molecule has 1 saturated heterocycles. The number of morpholine rings is 1. The highest BCUT2D eigenvalue weighted by molar-refractivity contribution is 6.40. The molecule has 1 atom stereocenters. The third-order valence-corrected chi connectivity index (χ3v) is 3.37. The summed E-state index contributed by atoms with van der Waals surface area (Å²) in [6.07, 6.45) is 1.68. The number of carboxylic acids is 1. The number of rotatable bonds is 8. The molecule has 0 aromatic rings.